The van der Waals surface area contributed by atoms with E-state index in [-0.39, 0.29) is 19.3 Å². The number of aliphatic hydroxyl groups is 2. The van der Waals surface area contributed by atoms with E-state index >= 15 is 0 Å². The summed E-state index contributed by atoms with van der Waals surface area (Å²) >= 11 is 0. The molecule has 0 heterocycles. The van der Waals surface area contributed by atoms with E-state index in [9.17, 15) is 43.5 Å². The first-order valence-corrected chi connectivity index (χ1v) is 49.1. The van der Waals surface area contributed by atoms with Crippen LogP contribution in [0.5, 0.6) is 0 Å². The van der Waals surface area contributed by atoms with Gasteiger partial charge in [0.2, 0.25) is 0 Å². The van der Waals surface area contributed by atoms with Crippen molar-refractivity contribution in [3.05, 3.63) is 182 Å². The lowest BCUT2D eigenvalue weighted by Gasteiger charge is -2.21. The van der Waals surface area contributed by atoms with Crippen LogP contribution in [0.4, 0.5) is 0 Å². The summed E-state index contributed by atoms with van der Waals surface area (Å²) in [6.45, 7) is 2.37. The number of aliphatic hydroxyl groups excluding tert-OH is 2. The molecule has 18 heteroatoms. The minimum atomic E-state index is -4.95. The van der Waals surface area contributed by atoms with E-state index in [1.807, 2.05) is 0 Å². The fourth-order valence-electron chi connectivity index (χ4n) is 12.2. The number of rotatable bonds is 86. The zero-order chi connectivity index (χ0) is 85.1. The molecule has 117 heavy (non-hydrogen) atoms. The van der Waals surface area contributed by atoms with Gasteiger partial charge in [-0.15, -0.1) is 0 Å². The van der Waals surface area contributed by atoms with Gasteiger partial charge in [-0.05, 0) is 154 Å². The van der Waals surface area contributed by atoms with Crippen LogP contribution in [0, 0.1) is 0 Å². The van der Waals surface area contributed by atoms with E-state index < -0.39 is 91.5 Å². The van der Waals surface area contributed by atoms with E-state index in [4.69, 9.17) is 32.3 Å². The highest BCUT2D eigenvalue weighted by atomic mass is 31.2. The van der Waals surface area contributed by atoms with E-state index in [0.717, 1.165) is 180 Å². The Morgan fingerprint density at radius 3 is 0.675 bits per heavy atom. The summed E-state index contributed by atoms with van der Waals surface area (Å²) in [5.41, 5.74) is 0. The van der Waals surface area contributed by atoms with Gasteiger partial charge >= 0.3 is 33.6 Å². The number of phosphoric acid groups is 2. The molecule has 0 rings (SSSR count). The van der Waals surface area contributed by atoms with Crippen molar-refractivity contribution in [2.24, 2.45) is 0 Å². The minimum Gasteiger partial charge on any atom is -0.463 e. The van der Waals surface area contributed by atoms with Gasteiger partial charge in [0, 0.05) is 19.3 Å². The van der Waals surface area contributed by atoms with Crippen LogP contribution in [0.3, 0.4) is 0 Å². The van der Waals surface area contributed by atoms with Crippen LogP contribution in [0.15, 0.2) is 182 Å². The van der Waals surface area contributed by atoms with Crippen LogP contribution in [0.1, 0.15) is 367 Å². The molecule has 0 spiro atoms. The summed E-state index contributed by atoms with van der Waals surface area (Å²) in [5.74, 6) is -1.59. The van der Waals surface area contributed by atoms with Gasteiger partial charge in [-0.1, -0.05) is 376 Å². The number of esters is 3. The summed E-state index contributed by atoms with van der Waals surface area (Å²) < 4.78 is 61.5. The number of unbranched alkanes of at least 4 members (excludes halogenated alkanes) is 33. The van der Waals surface area contributed by atoms with Gasteiger partial charge in [0.15, 0.2) is 6.10 Å². The van der Waals surface area contributed by atoms with Crippen molar-refractivity contribution >= 4 is 33.6 Å². The van der Waals surface area contributed by atoms with Crippen LogP contribution in [-0.4, -0.2) is 95.9 Å². The highest BCUT2D eigenvalue weighted by molar-refractivity contribution is 7.47. The maximum Gasteiger partial charge on any atom is 0.472 e. The molecule has 0 aromatic heterocycles. The maximum absolute atomic E-state index is 13.1. The van der Waals surface area contributed by atoms with Gasteiger partial charge in [-0.25, -0.2) is 9.13 Å². The maximum atomic E-state index is 13.1. The highest BCUT2D eigenvalue weighted by Crippen LogP contribution is 2.45. The molecule has 0 bridgehead atoms. The minimum absolute atomic E-state index is 0.0900. The zero-order valence-corrected chi connectivity index (χ0v) is 75.4. The summed E-state index contributed by atoms with van der Waals surface area (Å²) in [7, 11) is -9.82. The molecule has 0 fully saturated rings. The number of ether oxygens (including phenoxy) is 3. The van der Waals surface area contributed by atoms with Crippen molar-refractivity contribution < 1.29 is 75.8 Å². The summed E-state index contributed by atoms with van der Waals surface area (Å²) in [5, 5.41) is 20.7. The highest BCUT2D eigenvalue weighted by Gasteiger charge is 2.29. The molecule has 0 radical (unpaired) electrons. The van der Waals surface area contributed by atoms with Crippen LogP contribution in [-0.2, 0) is 55.8 Å². The topological polar surface area (TPSA) is 231 Å². The molecule has 0 aromatic carbocycles. The number of phosphoric ester groups is 2. The lowest BCUT2D eigenvalue weighted by atomic mass is 10.0. The third-order valence-electron chi connectivity index (χ3n) is 19.1. The molecule has 5 unspecified atom stereocenters. The predicted octanol–water partition coefficient (Wildman–Crippen LogP) is 28.4. The fraction of sp³-hybridized carbons (Fsp3) is 0.667. The van der Waals surface area contributed by atoms with Gasteiger partial charge in [-0.3, -0.25) is 32.5 Å². The number of allylic oxidation sites excluding steroid dienone is 30. The first kappa shape index (κ1) is 112. The van der Waals surface area contributed by atoms with E-state index in [2.05, 4.69) is 203 Å². The molecule has 5 atom stereocenters. The van der Waals surface area contributed by atoms with Gasteiger partial charge < -0.3 is 34.2 Å². The molecule has 0 aromatic rings. The summed E-state index contributed by atoms with van der Waals surface area (Å²) in [6.07, 6.45) is 118. The van der Waals surface area contributed by atoms with Crippen molar-refractivity contribution in [3.8, 4) is 0 Å². The number of carbonyl (C=O) groups is 3. The molecule has 0 aliphatic rings. The molecule has 16 nitrogen and oxygen atoms in total. The first-order chi connectivity index (χ1) is 57.2. The molecule has 0 amide bonds. The lowest BCUT2D eigenvalue weighted by Crippen LogP contribution is -2.30. The normalized spacial score (nSPS) is 14.6. The molecule has 4 N–H and O–H groups in total. The third kappa shape index (κ3) is 91.2. The standard InChI is InChI=1S/C99H166O16P2/c1-4-7-10-13-16-19-22-25-28-31-34-37-40-43-44-45-46-47-48-51-53-55-58-61-64-67-70-73-76-79-82-85-97(102)109-88-94(100)89-111-116(105,106)112-90-95(101)91-113-117(107,108)114-93-96(115-99(104)87-84-81-78-75-72-69-66-63-60-57-54-50-42-39-36-33-30-27-24-21-18-15-12-9-6-3)92-110-98(103)86-83-80-77-74-71-68-65-62-59-56-52-49-41-38-35-32-29-26-23-20-17-14-11-8-5-2/h7-12,16-21,25-30,34-39,43-44,49-50,52,54,94-96,100-101H,4-6,13-15,22-24,31-33,40-42,45-48,51,53,55-93H2,1-3H3,(H,105,106)(H,107,108)/b10-7-,11-8-,12-9-,19-16-,20-17-,21-18-,28-25-,29-26-,30-27-,37-34-,38-35-,39-36-,44-43-,52-49-,54-50-. The van der Waals surface area contributed by atoms with Crippen LogP contribution in [0.2, 0.25) is 0 Å². The predicted molar refractivity (Wildman–Crippen MR) is 491 cm³/mol. The molecular formula is C99H166O16P2. The lowest BCUT2D eigenvalue weighted by molar-refractivity contribution is -0.161. The fourth-order valence-corrected chi connectivity index (χ4v) is 13.8. The van der Waals surface area contributed by atoms with Gasteiger partial charge in [0.25, 0.3) is 0 Å². The Balaban J connectivity index is 4.63. The summed E-state index contributed by atoms with van der Waals surface area (Å²) in [6, 6.07) is 0. The largest absolute Gasteiger partial charge is 0.472 e. The van der Waals surface area contributed by atoms with Crippen molar-refractivity contribution in [3.63, 3.8) is 0 Å². The second-order valence-corrected chi connectivity index (χ2v) is 33.2. The molecule has 0 saturated carbocycles. The first-order valence-electron chi connectivity index (χ1n) is 46.1. The van der Waals surface area contributed by atoms with E-state index in [0.29, 0.717) is 19.3 Å². The molecule has 668 valence electrons. The van der Waals surface area contributed by atoms with Gasteiger partial charge in [-0.2, -0.15) is 0 Å². The van der Waals surface area contributed by atoms with Crippen molar-refractivity contribution in [2.45, 2.75) is 386 Å². The Labute approximate surface area is 713 Å². The number of hydrogen-bond acceptors (Lipinski definition) is 14. The smallest absolute Gasteiger partial charge is 0.463 e. The number of carbonyl (C=O) groups excluding carboxylic acids is 3. The van der Waals surface area contributed by atoms with E-state index in [1.165, 1.54) is 128 Å². The Morgan fingerprint density at radius 2 is 0.427 bits per heavy atom. The molecule has 0 aliphatic heterocycles. The zero-order valence-electron chi connectivity index (χ0n) is 73.6. The quantitative estimate of drug-likeness (QED) is 0.0146. The van der Waals surface area contributed by atoms with E-state index in [1.54, 1.807) is 0 Å². The van der Waals surface area contributed by atoms with Crippen molar-refractivity contribution in [1.82, 2.24) is 0 Å². The Morgan fingerprint density at radius 1 is 0.239 bits per heavy atom. The monoisotopic (exact) mass is 1670 g/mol. The molecule has 0 saturated heterocycles. The second-order valence-electron chi connectivity index (χ2n) is 30.3. The Kier molecular flexibility index (Phi) is 85.8. The SMILES string of the molecule is CC/C=C\C/C=C\C/C=C\C/C=C\C/C=C\CCCCCCCCCCCCCCCCCC(=O)OCC(O)COP(=O)(O)OCC(O)COP(=O)(O)OCC(COC(=O)CCCCCCCCCCC/C=C\C/C=C\C/C=C\C/C=C\C/C=C\CC)OC(=O)CCCCCCCCCCC/C=C\C/C=C\C/C=C\C/C=C\C/C=C\CC. The van der Waals surface area contributed by atoms with Crippen LogP contribution < -0.4 is 0 Å². The van der Waals surface area contributed by atoms with Gasteiger partial charge in [0.1, 0.15) is 25.4 Å². The average Bonchev–Trinajstić information content (AvgIpc) is 0.784. The molecule has 0 aliphatic carbocycles. The summed E-state index contributed by atoms with van der Waals surface area (Å²) in [4.78, 5) is 59.0. The van der Waals surface area contributed by atoms with Gasteiger partial charge in [0.05, 0.1) is 26.4 Å². The Hall–Kier alpha value is -5.35. The van der Waals surface area contributed by atoms with Crippen molar-refractivity contribution in [1.29, 1.82) is 0 Å². The third-order valence-corrected chi connectivity index (χ3v) is 21.0. The van der Waals surface area contributed by atoms with Crippen LogP contribution >= 0.6 is 15.6 Å². The second kappa shape index (κ2) is 89.9. The van der Waals surface area contributed by atoms with Crippen molar-refractivity contribution in [2.75, 3.05) is 39.6 Å². The average molecular weight is 1670 g/mol. The number of hydrogen-bond donors (Lipinski definition) is 4. The molecular weight excluding hydrogens is 1510 g/mol. The van der Waals surface area contributed by atoms with Crippen LogP contribution in [0.25, 0.3) is 0 Å². The Bertz CT molecular complexity index is 2860.